The lowest BCUT2D eigenvalue weighted by Gasteiger charge is -2.41. The van der Waals surface area contributed by atoms with Crippen LogP contribution in [0.25, 0.3) is 0 Å². The molecule has 0 bridgehead atoms. The predicted octanol–water partition coefficient (Wildman–Crippen LogP) is 2.33. The van der Waals surface area contributed by atoms with E-state index in [-0.39, 0.29) is 5.92 Å². The highest BCUT2D eigenvalue weighted by atomic mass is 15.3. The van der Waals surface area contributed by atoms with Crippen LogP contribution in [-0.4, -0.2) is 30.7 Å². The lowest BCUT2D eigenvalue weighted by Crippen LogP contribution is -2.54. The zero-order valence-corrected chi connectivity index (χ0v) is 9.53. The van der Waals surface area contributed by atoms with Crippen molar-refractivity contribution in [2.75, 3.05) is 20.1 Å². The third-order valence-corrected chi connectivity index (χ3v) is 3.72. The Balaban J connectivity index is 2.87. The predicted molar refractivity (Wildman–Crippen MR) is 58.5 cm³/mol. The summed E-state index contributed by atoms with van der Waals surface area (Å²) >= 11 is 0. The van der Waals surface area contributed by atoms with Crippen LogP contribution >= 0.6 is 0 Å². The van der Waals surface area contributed by atoms with Gasteiger partial charge in [0.15, 0.2) is 0 Å². The van der Waals surface area contributed by atoms with Crippen LogP contribution < -0.4 is 0 Å². The molecule has 0 N–H and O–H groups in total. The van der Waals surface area contributed by atoms with Crippen molar-refractivity contribution in [1.82, 2.24) is 0 Å². The molecule has 1 aliphatic carbocycles. The largest absolute Gasteiger partial charge is 0.320 e. The molecule has 2 nitrogen and oxygen atoms in total. The molecule has 2 atom stereocenters. The first-order chi connectivity index (χ1) is 6.68. The van der Waals surface area contributed by atoms with Crippen LogP contribution in [0, 0.1) is 17.2 Å². The Morgan fingerprint density at radius 1 is 1.43 bits per heavy atom. The van der Waals surface area contributed by atoms with Gasteiger partial charge in [0.1, 0.15) is 12.0 Å². The molecule has 78 valence electrons. The van der Waals surface area contributed by atoms with E-state index in [9.17, 15) is 0 Å². The monoisotopic (exact) mass is 193 g/mol. The van der Waals surface area contributed by atoms with Gasteiger partial charge in [-0.1, -0.05) is 6.08 Å². The average Bonchev–Trinajstić information content (AvgIpc) is 2.28. The van der Waals surface area contributed by atoms with Gasteiger partial charge in [0.05, 0.1) is 26.2 Å². The summed E-state index contributed by atoms with van der Waals surface area (Å²) in [7, 11) is 2.25. The molecule has 0 aromatic rings. The van der Waals surface area contributed by atoms with Gasteiger partial charge in [0.25, 0.3) is 0 Å². The van der Waals surface area contributed by atoms with Gasteiger partial charge in [-0.05, 0) is 32.8 Å². The second kappa shape index (κ2) is 4.61. The van der Waals surface area contributed by atoms with Crippen molar-refractivity contribution in [3.63, 3.8) is 0 Å². The van der Waals surface area contributed by atoms with Crippen molar-refractivity contribution in [3.8, 4) is 6.07 Å². The first kappa shape index (κ1) is 11.3. The number of hydrogen-bond donors (Lipinski definition) is 0. The lowest BCUT2D eigenvalue weighted by molar-refractivity contribution is -0.926. The Morgan fingerprint density at radius 2 is 2.07 bits per heavy atom. The quantitative estimate of drug-likeness (QED) is 0.498. The molecule has 0 aromatic heterocycles. The molecule has 0 fully saturated rings. The number of likely N-dealkylation sites (N-methyl/N-ethyl adjacent to an activating group) is 1. The molecular weight excluding hydrogens is 172 g/mol. The van der Waals surface area contributed by atoms with Gasteiger partial charge in [-0.2, -0.15) is 5.26 Å². The van der Waals surface area contributed by atoms with Crippen molar-refractivity contribution in [2.45, 2.75) is 32.7 Å². The Labute approximate surface area is 87.4 Å². The molecule has 1 aliphatic rings. The maximum atomic E-state index is 9.12. The highest BCUT2D eigenvalue weighted by molar-refractivity contribution is 5.05. The Kier molecular flexibility index (Phi) is 3.71. The van der Waals surface area contributed by atoms with E-state index in [1.807, 2.05) is 0 Å². The zero-order chi connectivity index (χ0) is 10.6. The van der Waals surface area contributed by atoms with Gasteiger partial charge >= 0.3 is 0 Å². The second-order valence-electron chi connectivity index (χ2n) is 4.34. The summed E-state index contributed by atoms with van der Waals surface area (Å²) in [5.41, 5.74) is 0. The molecule has 0 aromatic carbocycles. The maximum Gasteiger partial charge on any atom is 0.123 e. The SMILES string of the molecule is CC[N+](C)(CC)C1C=CCCC1C#N. The number of allylic oxidation sites excluding steroid dienone is 1. The minimum atomic E-state index is 0.213. The number of quaternary nitrogens is 1. The molecule has 1 rings (SSSR count). The number of nitriles is 1. The Bertz CT molecular complexity index is 246. The standard InChI is InChI=1S/C12H21N2/c1-4-14(3,5-2)12-9-7-6-8-11(12)10-13/h7,9,11-12H,4-6,8H2,1-3H3/q+1. The first-order valence-corrected chi connectivity index (χ1v) is 5.58. The van der Waals surface area contributed by atoms with Crippen LogP contribution in [0.15, 0.2) is 12.2 Å². The van der Waals surface area contributed by atoms with E-state index in [2.05, 4.69) is 39.1 Å². The molecular formula is C12H21N2+. The van der Waals surface area contributed by atoms with E-state index in [1.165, 1.54) is 0 Å². The maximum absolute atomic E-state index is 9.12. The van der Waals surface area contributed by atoms with Crippen LogP contribution in [0.3, 0.4) is 0 Å². The van der Waals surface area contributed by atoms with E-state index in [1.54, 1.807) is 0 Å². The zero-order valence-electron chi connectivity index (χ0n) is 9.53. The minimum absolute atomic E-state index is 0.213. The molecule has 0 spiro atoms. The Morgan fingerprint density at radius 3 is 2.57 bits per heavy atom. The fourth-order valence-corrected chi connectivity index (χ4v) is 2.24. The highest BCUT2D eigenvalue weighted by Crippen LogP contribution is 2.26. The average molecular weight is 193 g/mol. The molecule has 0 amide bonds. The summed E-state index contributed by atoms with van der Waals surface area (Å²) in [6.07, 6.45) is 6.60. The molecule has 0 saturated carbocycles. The van der Waals surface area contributed by atoms with E-state index < -0.39 is 0 Å². The van der Waals surface area contributed by atoms with E-state index in [4.69, 9.17) is 5.26 Å². The van der Waals surface area contributed by atoms with Crippen molar-refractivity contribution in [3.05, 3.63) is 12.2 Å². The van der Waals surface area contributed by atoms with Crippen molar-refractivity contribution in [2.24, 2.45) is 5.92 Å². The summed E-state index contributed by atoms with van der Waals surface area (Å²) in [6.45, 7) is 6.62. The topological polar surface area (TPSA) is 23.8 Å². The summed E-state index contributed by atoms with van der Waals surface area (Å²) in [5.74, 6) is 0.213. The molecule has 2 unspecified atom stereocenters. The molecule has 0 radical (unpaired) electrons. The molecule has 14 heavy (non-hydrogen) atoms. The van der Waals surface area contributed by atoms with Crippen molar-refractivity contribution < 1.29 is 4.48 Å². The Hall–Kier alpha value is -0.810. The fourth-order valence-electron chi connectivity index (χ4n) is 2.24. The third-order valence-electron chi connectivity index (χ3n) is 3.72. The number of nitrogens with zero attached hydrogens (tertiary/aromatic N) is 2. The highest BCUT2D eigenvalue weighted by Gasteiger charge is 2.35. The summed E-state index contributed by atoms with van der Waals surface area (Å²) in [6, 6.07) is 2.87. The van der Waals surface area contributed by atoms with Gasteiger partial charge in [0, 0.05) is 0 Å². The van der Waals surface area contributed by atoms with E-state index in [0.29, 0.717) is 6.04 Å². The summed E-state index contributed by atoms with van der Waals surface area (Å²) < 4.78 is 0.995. The fraction of sp³-hybridized carbons (Fsp3) is 0.750. The van der Waals surface area contributed by atoms with Crippen LogP contribution in [-0.2, 0) is 0 Å². The molecule has 2 heteroatoms. The van der Waals surface area contributed by atoms with Crippen molar-refractivity contribution in [1.29, 1.82) is 5.26 Å². The summed E-state index contributed by atoms with van der Waals surface area (Å²) in [4.78, 5) is 0. The second-order valence-corrected chi connectivity index (χ2v) is 4.34. The van der Waals surface area contributed by atoms with Crippen LogP contribution in [0.1, 0.15) is 26.7 Å². The third kappa shape index (κ3) is 1.99. The van der Waals surface area contributed by atoms with Crippen molar-refractivity contribution >= 4 is 0 Å². The van der Waals surface area contributed by atoms with Crippen LogP contribution in [0.2, 0.25) is 0 Å². The van der Waals surface area contributed by atoms with Gasteiger partial charge in [-0.25, -0.2) is 0 Å². The van der Waals surface area contributed by atoms with Crippen LogP contribution in [0.4, 0.5) is 0 Å². The van der Waals surface area contributed by atoms with Gasteiger partial charge in [0.2, 0.25) is 0 Å². The molecule has 0 heterocycles. The normalized spacial score (nSPS) is 27.3. The lowest BCUT2D eigenvalue weighted by atomic mass is 9.88. The molecule has 0 saturated heterocycles. The smallest absolute Gasteiger partial charge is 0.123 e. The van der Waals surface area contributed by atoms with Crippen LogP contribution in [0.5, 0.6) is 0 Å². The molecule has 0 aliphatic heterocycles. The number of hydrogen-bond acceptors (Lipinski definition) is 1. The van der Waals surface area contributed by atoms with E-state index in [0.717, 1.165) is 30.4 Å². The van der Waals surface area contributed by atoms with E-state index >= 15 is 0 Å². The van der Waals surface area contributed by atoms with Gasteiger partial charge in [-0.3, -0.25) is 0 Å². The minimum Gasteiger partial charge on any atom is -0.320 e. The summed E-state index contributed by atoms with van der Waals surface area (Å²) in [5, 5.41) is 9.12. The van der Waals surface area contributed by atoms with Gasteiger partial charge in [-0.15, -0.1) is 0 Å². The number of rotatable bonds is 3. The first-order valence-electron chi connectivity index (χ1n) is 5.58. The van der Waals surface area contributed by atoms with Gasteiger partial charge < -0.3 is 4.48 Å².